The van der Waals surface area contributed by atoms with Crippen LogP contribution in [0, 0.1) is 5.41 Å². The molecular formula is C17H40N4O4. The van der Waals surface area contributed by atoms with Crippen LogP contribution in [0.5, 0.6) is 0 Å². The van der Waals surface area contributed by atoms with Crippen LogP contribution < -0.4 is 22.9 Å². The fraction of sp³-hybridized carbons (Fsp3) is 1.00. The molecule has 0 saturated carbocycles. The first-order chi connectivity index (χ1) is 11.7. The second kappa shape index (κ2) is 13.8. The standard InChI is InChI=1S/C17H40N4O4/c1-13(18)5-22-9-17(10-23-6-14(2)19,11-24-7-15(3)20)12-25-8-16(4)21/h13-16H,5-12,18-21H2,1-4H3. The quantitative estimate of drug-likeness (QED) is 0.285. The molecule has 0 aromatic carbocycles. The summed E-state index contributed by atoms with van der Waals surface area (Å²) in [4.78, 5) is 0. The highest BCUT2D eigenvalue weighted by atomic mass is 16.5. The zero-order valence-electron chi connectivity index (χ0n) is 16.4. The average Bonchev–Trinajstić information content (AvgIpc) is 2.45. The molecule has 0 heterocycles. The van der Waals surface area contributed by atoms with Crippen molar-refractivity contribution in [3.05, 3.63) is 0 Å². The Morgan fingerprint density at radius 3 is 0.880 bits per heavy atom. The molecule has 0 aliphatic rings. The van der Waals surface area contributed by atoms with Gasteiger partial charge in [-0.25, -0.2) is 0 Å². The molecular weight excluding hydrogens is 324 g/mol. The van der Waals surface area contributed by atoms with E-state index in [1.165, 1.54) is 0 Å². The predicted octanol–water partition coefficient (Wildman–Crippen LogP) is -0.572. The van der Waals surface area contributed by atoms with Gasteiger partial charge >= 0.3 is 0 Å². The molecule has 0 bridgehead atoms. The van der Waals surface area contributed by atoms with E-state index < -0.39 is 5.41 Å². The highest BCUT2D eigenvalue weighted by Crippen LogP contribution is 2.21. The maximum Gasteiger partial charge on any atom is 0.0637 e. The van der Waals surface area contributed by atoms with Crippen LogP contribution in [0.25, 0.3) is 0 Å². The molecule has 25 heavy (non-hydrogen) atoms. The summed E-state index contributed by atoms with van der Waals surface area (Å²) in [5, 5.41) is 0. The van der Waals surface area contributed by atoms with Crippen LogP contribution in [0.4, 0.5) is 0 Å². The van der Waals surface area contributed by atoms with Gasteiger partial charge in [-0.05, 0) is 27.7 Å². The third kappa shape index (κ3) is 14.5. The van der Waals surface area contributed by atoms with E-state index in [0.29, 0.717) is 52.9 Å². The van der Waals surface area contributed by atoms with Crippen LogP contribution in [-0.2, 0) is 18.9 Å². The minimum absolute atomic E-state index is 0.0438. The van der Waals surface area contributed by atoms with Gasteiger partial charge in [-0.15, -0.1) is 0 Å². The van der Waals surface area contributed by atoms with Crippen molar-refractivity contribution in [1.82, 2.24) is 0 Å². The van der Waals surface area contributed by atoms with Crippen molar-refractivity contribution >= 4 is 0 Å². The summed E-state index contributed by atoms with van der Waals surface area (Å²) in [6, 6.07) is -0.175. The maximum absolute atomic E-state index is 5.77. The summed E-state index contributed by atoms with van der Waals surface area (Å²) in [6.45, 7) is 11.0. The van der Waals surface area contributed by atoms with E-state index in [4.69, 9.17) is 41.9 Å². The maximum atomic E-state index is 5.77. The molecule has 4 atom stereocenters. The van der Waals surface area contributed by atoms with E-state index in [2.05, 4.69) is 0 Å². The zero-order chi connectivity index (χ0) is 19.3. The molecule has 0 spiro atoms. The lowest BCUT2D eigenvalue weighted by Crippen LogP contribution is -2.44. The number of hydrogen-bond donors (Lipinski definition) is 4. The van der Waals surface area contributed by atoms with Crippen molar-refractivity contribution in [2.75, 3.05) is 52.9 Å². The molecule has 0 fully saturated rings. The topological polar surface area (TPSA) is 141 Å². The van der Waals surface area contributed by atoms with E-state index in [0.717, 1.165) is 0 Å². The lowest BCUT2D eigenvalue weighted by atomic mass is 9.92. The van der Waals surface area contributed by atoms with Crippen LogP contribution in [0.2, 0.25) is 0 Å². The lowest BCUT2D eigenvalue weighted by molar-refractivity contribution is -0.110. The Morgan fingerprint density at radius 1 is 0.520 bits per heavy atom. The molecule has 0 rings (SSSR count). The number of nitrogens with two attached hydrogens (primary N) is 4. The Kier molecular flexibility index (Phi) is 13.7. The predicted molar refractivity (Wildman–Crippen MR) is 100 cm³/mol. The molecule has 8 nitrogen and oxygen atoms in total. The third-order valence-electron chi connectivity index (χ3n) is 3.16. The van der Waals surface area contributed by atoms with E-state index in [1.807, 2.05) is 27.7 Å². The van der Waals surface area contributed by atoms with Crippen molar-refractivity contribution in [2.24, 2.45) is 28.3 Å². The van der Waals surface area contributed by atoms with Crippen LogP contribution >= 0.6 is 0 Å². The summed E-state index contributed by atoms with van der Waals surface area (Å²) in [5.74, 6) is 0. The Hall–Kier alpha value is -0.320. The van der Waals surface area contributed by atoms with Crippen LogP contribution in [0.15, 0.2) is 0 Å². The number of hydrogen-bond acceptors (Lipinski definition) is 8. The van der Waals surface area contributed by atoms with Crippen LogP contribution in [0.1, 0.15) is 27.7 Å². The summed E-state index contributed by atoms with van der Waals surface area (Å²) >= 11 is 0. The SMILES string of the molecule is CC(N)COCC(COCC(C)N)(COCC(C)N)COCC(C)N. The average molecular weight is 365 g/mol. The fourth-order valence-electron chi connectivity index (χ4n) is 2.10. The molecule has 0 aromatic heterocycles. The van der Waals surface area contributed by atoms with Gasteiger partial charge in [-0.1, -0.05) is 0 Å². The van der Waals surface area contributed by atoms with Gasteiger partial charge < -0.3 is 41.9 Å². The van der Waals surface area contributed by atoms with E-state index in [-0.39, 0.29) is 24.2 Å². The minimum atomic E-state index is -0.465. The third-order valence-corrected chi connectivity index (χ3v) is 3.16. The van der Waals surface area contributed by atoms with Gasteiger partial charge in [0.25, 0.3) is 0 Å². The first-order valence-electron chi connectivity index (χ1n) is 9.00. The van der Waals surface area contributed by atoms with Gasteiger partial charge in [-0.3, -0.25) is 0 Å². The van der Waals surface area contributed by atoms with Gasteiger partial charge in [0.05, 0.1) is 58.3 Å². The molecule has 0 saturated heterocycles. The highest BCUT2D eigenvalue weighted by molar-refractivity contribution is 4.80. The van der Waals surface area contributed by atoms with Crippen molar-refractivity contribution in [1.29, 1.82) is 0 Å². The van der Waals surface area contributed by atoms with Gasteiger partial charge in [0.1, 0.15) is 0 Å². The largest absolute Gasteiger partial charge is 0.379 e. The van der Waals surface area contributed by atoms with Gasteiger partial charge in [0, 0.05) is 24.2 Å². The van der Waals surface area contributed by atoms with Crippen molar-refractivity contribution in [3.8, 4) is 0 Å². The van der Waals surface area contributed by atoms with E-state index in [1.54, 1.807) is 0 Å². The van der Waals surface area contributed by atoms with Crippen molar-refractivity contribution in [3.63, 3.8) is 0 Å². The molecule has 0 aliphatic carbocycles. The van der Waals surface area contributed by atoms with Gasteiger partial charge in [0.15, 0.2) is 0 Å². The zero-order valence-corrected chi connectivity index (χ0v) is 16.4. The van der Waals surface area contributed by atoms with Gasteiger partial charge in [0.2, 0.25) is 0 Å². The molecule has 0 aliphatic heterocycles. The Bertz CT molecular complexity index is 254. The summed E-state index contributed by atoms with van der Waals surface area (Å²) in [5.41, 5.74) is 22.6. The second-order valence-electron chi connectivity index (χ2n) is 7.47. The fourth-order valence-corrected chi connectivity index (χ4v) is 2.10. The first-order valence-corrected chi connectivity index (χ1v) is 9.00. The molecule has 0 radical (unpaired) electrons. The highest BCUT2D eigenvalue weighted by Gasteiger charge is 2.33. The normalized spacial score (nSPS) is 19.2. The summed E-state index contributed by atoms with van der Waals surface area (Å²) in [6.07, 6.45) is 0. The van der Waals surface area contributed by atoms with Crippen LogP contribution in [-0.4, -0.2) is 77.0 Å². The second-order valence-corrected chi connectivity index (χ2v) is 7.47. The molecule has 4 unspecified atom stereocenters. The summed E-state index contributed by atoms with van der Waals surface area (Å²) in [7, 11) is 0. The molecule has 8 heteroatoms. The molecule has 0 amide bonds. The smallest absolute Gasteiger partial charge is 0.0637 e. The number of ether oxygens (including phenoxy) is 4. The van der Waals surface area contributed by atoms with Crippen LogP contribution in [0.3, 0.4) is 0 Å². The molecule has 152 valence electrons. The first kappa shape index (κ1) is 24.7. The Balaban J connectivity index is 4.85. The Morgan fingerprint density at radius 2 is 0.720 bits per heavy atom. The monoisotopic (exact) mass is 364 g/mol. The van der Waals surface area contributed by atoms with Crippen molar-refractivity contribution in [2.45, 2.75) is 51.9 Å². The van der Waals surface area contributed by atoms with Crippen molar-refractivity contribution < 1.29 is 18.9 Å². The van der Waals surface area contributed by atoms with Gasteiger partial charge in [-0.2, -0.15) is 0 Å². The minimum Gasteiger partial charge on any atom is -0.379 e. The summed E-state index contributed by atoms with van der Waals surface area (Å²) < 4.78 is 23.1. The molecule has 8 N–H and O–H groups in total. The van der Waals surface area contributed by atoms with E-state index >= 15 is 0 Å². The molecule has 0 aromatic rings. The lowest BCUT2D eigenvalue weighted by Gasteiger charge is -2.34. The number of rotatable bonds is 16. The Labute approximate surface area is 152 Å². The van der Waals surface area contributed by atoms with E-state index in [9.17, 15) is 0 Å².